The van der Waals surface area contributed by atoms with Crippen molar-refractivity contribution in [3.05, 3.63) is 41.9 Å². The van der Waals surface area contributed by atoms with Gasteiger partial charge < -0.3 is 4.98 Å². The second kappa shape index (κ2) is 7.13. The lowest BCUT2D eigenvalue weighted by molar-refractivity contribution is 0.538. The zero-order chi connectivity index (χ0) is 16.2. The molecule has 0 aliphatic carbocycles. The van der Waals surface area contributed by atoms with Gasteiger partial charge in [-0.25, -0.2) is 4.98 Å². The lowest BCUT2D eigenvalue weighted by atomic mass is 9.86. The molecule has 22 heavy (non-hydrogen) atoms. The van der Waals surface area contributed by atoms with Crippen LogP contribution in [0.3, 0.4) is 0 Å². The molecule has 0 saturated heterocycles. The Balaban J connectivity index is 2.20. The van der Waals surface area contributed by atoms with Gasteiger partial charge in [0, 0.05) is 5.92 Å². The molecule has 2 heteroatoms. The minimum absolute atomic E-state index is 0.199. The van der Waals surface area contributed by atoms with Gasteiger partial charge in [-0.2, -0.15) is 0 Å². The van der Waals surface area contributed by atoms with E-state index in [0.29, 0.717) is 5.92 Å². The Bertz CT molecular complexity index is 566. The van der Waals surface area contributed by atoms with Gasteiger partial charge in [-0.05, 0) is 29.4 Å². The average molecular weight is 298 g/mol. The predicted octanol–water partition coefficient (Wildman–Crippen LogP) is 6.06. The summed E-state index contributed by atoms with van der Waals surface area (Å²) in [4.78, 5) is 8.19. The molecular weight excluding hydrogens is 268 g/mol. The van der Waals surface area contributed by atoms with E-state index in [9.17, 15) is 0 Å². The third-order valence-corrected chi connectivity index (χ3v) is 4.32. The lowest BCUT2D eigenvalue weighted by Gasteiger charge is -2.19. The van der Waals surface area contributed by atoms with Crippen LogP contribution < -0.4 is 0 Å². The molecule has 2 aromatic rings. The van der Waals surface area contributed by atoms with Gasteiger partial charge in [0.05, 0.1) is 11.9 Å². The Morgan fingerprint density at radius 1 is 1.00 bits per heavy atom. The van der Waals surface area contributed by atoms with Crippen molar-refractivity contribution < 1.29 is 0 Å². The largest absolute Gasteiger partial charge is 0.342 e. The molecule has 1 aromatic carbocycles. The third kappa shape index (κ3) is 4.00. The minimum atomic E-state index is 0.199. The molecule has 0 unspecified atom stereocenters. The van der Waals surface area contributed by atoms with Gasteiger partial charge in [-0.15, -0.1) is 0 Å². The highest BCUT2D eigenvalue weighted by atomic mass is 14.9. The summed E-state index contributed by atoms with van der Waals surface area (Å²) in [5.74, 6) is 1.72. The van der Waals surface area contributed by atoms with E-state index in [1.54, 1.807) is 0 Å². The van der Waals surface area contributed by atoms with Crippen LogP contribution in [0, 0.1) is 0 Å². The van der Waals surface area contributed by atoms with Crippen molar-refractivity contribution in [2.24, 2.45) is 0 Å². The van der Waals surface area contributed by atoms with Crippen LogP contribution in [0.1, 0.15) is 77.6 Å². The molecule has 0 bridgehead atoms. The molecule has 1 heterocycles. The van der Waals surface area contributed by atoms with Gasteiger partial charge in [-0.3, -0.25) is 0 Å². The van der Waals surface area contributed by atoms with Gasteiger partial charge in [-0.1, -0.05) is 71.7 Å². The van der Waals surface area contributed by atoms with Crippen LogP contribution in [0.2, 0.25) is 0 Å². The molecular formula is C20H30N2. The van der Waals surface area contributed by atoms with Crippen molar-refractivity contribution >= 4 is 0 Å². The van der Waals surface area contributed by atoms with Crippen molar-refractivity contribution in [1.29, 1.82) is 0 Å². The first-order chi connectivity index (χ1) is 10.5. The maximum absolute atomic E-state index is 4.65. The Labute approximate surface area is 135 Å². The maximum Gasteiger partial charge on any atom is 0.109 e. The number of rotatable bonds is 6. The fourth-order valence-corrected chi connectivity index (χ4v) is 2.96. The van der Waals surface area contributed by atoms with Crippen molar-refractivity contribution in [3.63, 3.8) is 0 Å². The van der Waals surface area contributed by atoms with E-state index in [2.05, 4.69) is 68.9 Å². The third-order valence-electron chi connectivity index (χ3n) is 4.32. The molecule has 120 valence electrons. The van der Waals surface area contributed by atoms with Gasteiger partial charge in [0.15, 0.2) is 0 Å². The van der Waals surface area contributed by atoms with E-state index in [4.69, 9.17) is 0 Å². The molecule has 0 spiro atoms. The van der Waals surface area contributed by atoms with Crippen molar-refractivity contribution in [2.75, 3.05) is 0 Å². The smallest absolute Gasteiger partial charge is 0.109 e. The second-order valence-corrected chi connectivity index (χ2v) is 7.28. The molecule has 0 aliphatic heterocycles. The summed E-state index contributed by atoms with van der Waals surface area (Å²) in [5, 5.41) is 0. The number of H-pyrrole nitrogens is 1. The van der Waals surface area contributed by atoms with Gasteiger partial charge >= 0.3 is 0 Å². The highest BCUT2D eigenvalue weighted by Crippen LogP contribution is 2.28. The molecule has 0 fully saturated rings. The molecule has 1 N–H and O–H groups in total. The van der Waals surface area contributed by atoms with E-state index >= 15 is 0 Å². The Morgan fingerprint density at radius 2 is 1.59 bits per heavy atom. The number of benzene rings is 1. The fourth-order valence-electron chi connectivity index (χ4n) is 2.96. The minimum Gasteiger partial charge on any atom is -0.342 e. The number of imidazole rings is 1. The molecule has 2 nitrogen and oxygen atoms in total. The fraction of sp³-hybridized carbons (Fsp3) is 0.550. The Kier molecular flexibility index (Phi) is 5.44. The standard InChI is InChI=1S/C20H30N2/c1-6-8-16(9-7-2)19-21-14-18(22-19)15-10-12-17(13-11-15)20(3,4)5/h10-14,16H,6-9H2,1-5H3,(H,21,22). The number of nitrogens with one attached hydrogen (secondary N) is 1. The molecule has 1 aromatic heterocycles. The highest BCUT2D eigenvalue weighted by Gasteiger charge is 2.15. The predicted molar refractivity (Wildman–Crippen MR) is 95.3 cm³/mol. The van der Waals surface area contributed by atoms with E-state index in [1.807, 2.05) is 6.20 Å². The summed E-state index contributed by atoms with van der Waals surface area (Å²) in [7, 11) is 0. The Hall–Kier alpha value is -1.57. The summed E-state index contributed by atoms with van der Waals surface area (Å²) < 4.78 is 0. The summed E-state index contributed by atoms with van der Waals surface area (Å²) in [6.45, 7) is 11.2. The van der Waals surface area contributed by atoms with Crippen LogP contribution in [0.4, 0.5) is 0 Å². The molecule has 0 atom stereocenters. The monoisotopic (exact) mass is 298 g/mol. The van der Waals surface area contributed by atoms with E-state index in [0.717, 1.165) is 11.5 Å². The number of hydrogen-bond donors (Lipinski definition) is 1. The summed E-state index contributed by atoms with van der Waals surface area (Å²) >= 11 is 0. The zero-order valence-electron chi connectivity index (χ0n) is 14.7. The number of aromatic amines is 1. The zero-order valence-corrected chi connectivity index (χ0v) is 14.7. The molecule has 0 saturated carbocycles. The van der Waals surface area contributed by atoms with Crippen LogP contribution in [-0.4, -0.2) is 9.97 Å². The normalized spacial score (nSPS) is 12.1. The Morgan fingerprint density at radius 3 is 2.09 bits per heavy atom. The highest BCUT2D eigenvalue weighted by molar-refractivity contribution is 5.59. The lowest BCUT2D eigenvalue weighted by Crippen LogP contribution is -2.10. The SMILES string of the molecule is CCCC(CCC)c1ncc(-c2ccc(C(C)(C)C)cc2)[nH]1. The summed E-state index contributed by atoms with van der Waals surface area (Å²) in [6.07, 6.45) is 6.83. The first-order valence-corrected chi connectivity index (χ1v) is 8.61. The van der Waals surface area contributed by atoms with E-state index in [-0.39, 0.29) is 5.41 Å². The van der Waals surface area contributed by atoms with Crippen LogP contribution >= 0.6 is 0 Å². The van der Waals surface area contributed by atoms with Gasteiger partial charge in [0.25, 0.3) is 0 Å². The number of aromatic nitrogens is 2. The average Bonchev–Trinajstić information content (AvgIpc) is 2.96. The number of hydrogen-bond acceptors (Lipinski definition) is 1. The van der Waals surface area contributed by atoms with Gasteiger partial charge in [0.1, 0.15) is 5.82 Å². The van der Waals surface area contributed by atoms with Crippen LogP contribution in [0.25, 0.3) is 11.3 Å². The second-order valence-electron chi connectivity index (χ2n) is 7.28. The van der Waals surface area contributed by atoms with Crippen molar-refractivity contribution in [1.82, 2.24) is 9.97 Å². The molecule has 0 aliphatic rings. The summed E-state index contributed by atoms with van der Waals surface area (Å²) in [5.41, 5.74) is 3.92. The number of nitrogens with zero attached hydrogens (tertiary/aromatic N) is 1. The topological polar surface area (TPSA) is 28.7 Å². The van der Waals surface area contributed by atoms with Crippen molar-refractivity contribution in [2.45, 2.75) is 71.6 Å². The molecule has 2 rings (SSSR count). The van der Waals surface area contributed by atoms with Gasteiger partial charge in [0.2, 0.25) is 0 Å². The quantitative estimate of drug-likeness (QED) is 0.690. The van der Waals surface area contributed by atoms with E-state index in [1.165, 1.54) is 36.8 Å². The summed E-state index contributed by atoms with van der Waals surface area (Å²) in [6, 6.07) is 8.86. The van der Waals surface area contributed by atoms with Crippen LogP contribution in [0.5, 0.6) is 0 Å². The van der Waals surface area contributed by atoms with E-state index < -0.39 is 0 Å². The van der Waals surface area contributed by atoms with Crippen molar-refractivity contribution in [3.8, 4) is 11.3 Å². The first-order valence-electron chi connectivity index (χ1n) is 8.61. The van der Waals surface area contributed by atoms with Crippen LogP contribution in [0.15, 0.2) is 30.5 Å². The molecule has 0 amide bonds. The molecule has 0 radical (unpaired) electrons. The first kappa shape index (κ1) is 16.8. The maximum atomic E-state index is 4.65. The van der Waals surface area contributed by atoms with Crippen LogP contribution in [-0.2, 0) is 5.41 Å².